The topological polar surface area (TPSA) is 82.1 Å². The number of imide groups is 1. The zero-order chi connectivity index (χ0) is 14.6. The first-order valence-electron chi connectivity index (χ1n) is 5.97. The highest BCUT2D eigenvalue weighted by molar-refractivity contribution is 6.02. The van der Waals surface area contributed by atoms with E-state index in [-0.39, 0.29) is 18.7 Å². The average molecular weight is 273 g/mol. The summed E-state index contributed by atoms with van der Waals surface area (Å²) in [6, 6.07) is -0.846. The van der Waals surface area contributed by atoms with Crippen LogP contribution in [0.3, 0.4) is 0 Å². The molecule has 0 radical (unpaired) electrons. The van der Waals surface area contributed by atoms with Gasteiger partial charge in [0.25, 0.3) is 0 Å². The standard InChI is InChI=1S/C12H19NO6/c1-7(12(18-3)19-4)10(15)13-8(11(16)17-2)5-6-9(13)14/h7-8,12H,5-6H2,1-4H3/t7-,8-/m0/s1. The minimum atomic E-state index is -0.846. The number of carbonyl (C=O) groups excluding carboxylic acids is 3. The predicted molar refractivity (Wildman–Crippen MR) is 63.9 cm³/mol. The Morgan fingerprint density at radius 3 is 2.32 bits per heavy atom. The van der Waals surface area contributed by atoms with E-state index in [1.54, 1.807) is 6.92 Å². The molecule has 0 spiro atoms. The molecule has 19 heavy (non-hydrogen) atoms. The minimum Gasteiger partial charge on any atom is -0.467 e. The second-order valence-corrected chi connectivity index (χ2v) is 4.31. The second-order valence-electron chi connectivity index (χ2n) is 4.31. The molecular formula is C12H19NO6. The molecule has 1 aliphatic rings. The van der Waals surface area contributed by atoms with Crippen LogP contribution in [0, 0.1) is 5.92 Å². The first kappa shape index (κ1) is 15.6. The number of hydrogen-bond donors (Lipinski definition) is 0. The Bertz CT molecular complexity index is 365. The van der Waals surface area contributed by atoms with Gasteiger partial charge in [-0.25, -0.2) is 4.79 Å². The summed E-state index contributed by atoms with van der Waals surface area (Å²) in [5.74, 6) is -2.15. The summed E-state index contributed by atoms with van der Waals surface area (Å²) in [5.41, 5.74) is 0. The molecule has 7 heteroatoms. The molecule has 108 valence electrons. The second kappa shape index (κ2) is 6.63. The van der Waals surface area contributed by atoms with Crippen molar-refractivity contribution in [3.63, 3.8) is 0 Å². The van der Waals surface area contributed by atoms with Crippen molar-refractivity contribution >= 4 is 17.8 Å². The van der Waals surface area contributed by atoms with Gasteiger partial charge in [0.15, 0.2) is 6.29 Å². The fourth-order valence-corrected chi connectivity index (χ4v) is 2.16. The fourth-order valence-electron chi connectivity index (χ4n) is 2.16. The van der Waals surface area contributed by atoms with Crippen LogP contribution < -0.4 is 0 Å². The first-order valence-corrected chi connectivity index (χ1v) is 5.97. The predicted octanol–water partition coefficient (Wildman–Crippen LogP) is -0.0680. The molecule has 1 saturated heterocycles. The SMILES string of the molecule is COC(=O)[C@@H]1CCC(=O)N1C(=O)[C@H](C)C(OC)OC. The van der Waals surface area contributed by atoms with Crippen LogP contribution in [0.2, 0.25) is 0 Å². The monoisotopic (exact) mass is 273 g/mol. The maximum atomic E-state index is 12.3. The van der Waals surface area contributed by atoms with Crippen molar-refractivity contribution in [2.24, 2.45) is 5.92 Å². The van der Waals surface area contributed by atoms with Crippen LogP contribution in [0.1, 0.15) is 19.8 Å². The van der Waals surface area contributed by atoms with Crippen LogP contribution in [0.25, 0.3) is 0 Å². The highest BCUT2D eigenvalue weighted by atomic mass is 16.7. The molecule has 2 amide bonds. The molecule has 0 saturated carbocycles. The van der Waals surface area contributed by atoms with Gasteiger partial charge in [-0.05, 0) is 13.3 Å². The molecule has 1 rings (SSSR count). The van der Waals surface area contributed by atoms with Gasteiger partial charge in [-0.1, -0.05) is 0 Å². The molecule has 0 aromatic heterocycles. The number of amides is 2. The van der Waals surface area contributed by atoms with Crippen molar-refractivity contribution < 1.29 is 28.6 Å². The number of methoxy groups -OCH3 is 3. The van der Waals surface area contributed by atoms with E-state index in [1.165, 1.54) is 21.3 Å². The molecule has 0 bridgehead atoms. The van der Waals surface area contributed by atoms with Crippen LogP contribution >= 0.6 is 0 Å². The highest BCUT2D eigenvalue weighted by Gasteiger charge is 2.43. The number of rotatable bonds is 5. The van der Waals surface area contributed by atoms with Crippen LogP contribution in [0.4, 0.5) is 0 Å². The third-order valence-corrected chi connectivity index (χ3v) is 3.19. The largest absolute Gasteiger partial charge is 0.467 e. The molecule has 2 atom stereocenters. The van der Waals surface area contributed by atoms with Gasteiger partial charge in [-0.3, -0.25) is 14.5 Å². The van der Waals surface area contributed by atoms with Gasteiger partial charge in [-0.15, -0.1) is 0 Å². The summed E-state index contributed by atoms with van der Waals surface area (Å²) in [6.07, 6.45) is -0.323. The van der Waals surface area contributed by atoms with E-state index in [2.05, 4.69) is 4.74 Å². The molecule has 0 unspecified atom stereocenters. The van der Waals surface area contributed by atoms with Crippen LogP contribution in [-0.4, -0.2) is 56.3 Å². The Kier molecular flexibility index (Phi) is 5.44. The Balaban J connectivity index is 2.88. The number of esters is 1. The zero-order valence-corrected chi connectivity index (χ0v) is 11.5. The summed E-state index contributed by atoms with van der Waals surface area (Å²) in [4.78, 5) is 36.6. The molecule has 1 fully saturated rings. The summed E-state index contributed by atoms with van der Waals surface area (Å²) in [6.45, 7) is 1.58. The lowest BCUT2D eigenvalue weighted by Gasteiger charge is -2.27. The lowest BCUT2D eigenvalue weighted by atomic mass is 10.1. The zero-order valence-electron chi connectivity index (χ0n) is 11.5. The maximum absolute atomic E-state index is 12.3. The van der Waals surface area contributed by atoms with Crippen molar-refractivity contribution in [2.45, 2.75) is 32.1 Å². The van der Waals surface area contributed by atoms with E-state index in [0.717, 1.165) is 4.90 Å². The highest BCUT2D eigenvalue weighted by Crippen LogP contribution is 2.24. The van der Waals surface area contributed by atoms with Gasteiger partial charge >= 0.3 is 5.97 Å². The van der Waals surface area contributed by atoms with E-state index < -0.39 is 30.1 Å². The van der Waals surface area contributed by atoms with Gasteiger partial charge in [0.05, 0.1) is 13.0 Å². The quantitative estimate of drug-likeness (QED) is 0.515. The Labute approximate surface area is 111 Å². The van der Waals surface area contributed by atoms with Gasteiger partial charge in [0, 0.05) is 20.6 Å². The van der Waals surface area contributed by atoms with E-state index in [4.69, 9.17) is 9.47 Å². The van der Waals surface area contributed by atoms with Crippen molar-refractivity contribution in [2.75, 3.05) is 21.3 Å². The molecule has 0 N–H and O–H groups in total. The van der Waals surface area contributed by atoms with Gasteiger partial charge in [-0.2, -0.15) is 0 Å². The summed E-state index contributed by atoms with van der Waals surface area (Å²) in [5, 5.41) is 0. The van der Waals surface area contributed by atoms with Crippen LogP contribution in [0.5, 0.6) is 0 Å². The van der Waals surface area contributed by atoms with Gasteiger partial charge < -0.3 is 14.2 Å². The molecule has 0 aromatic carbocycles. The molecule has 1 heterocycles. The normalized spacial score (nSPS) is 20.8. The first-order chi connectivity index (χ1) is 8.97. The number of hydrogen-bond acceptors (Lipinski definition) is 6. The molecule has 1 aliphatic heterocycles. The van der Waals surface area contributed by atoms with Crippen molar-refractivity contribution in [1.82, 2.24) is 4.90 Å². The third kappa shape index (κ3) is 3.10. The van der Waals surface area contributed by atoms with Crippen molar-refractivity contribution in [3.8, 4) is 0 Å². The summed E-state index contributed by atoms with van der Waals surface area (Å²) < 4.78 is 14.6. The maximum Gasteiger partial charge on any atom is 0.329 e. The fraction of sp³-hybridized carbons (Fsp3) is 0.750. The number of nitrogens with zero attached hydrogens (tertiary/aromatic N) is 1. The Hall–Kier alpha value is -1.47. The average Bonchev–Trinajstić information content (AvgIpc) is 2.80. The Morgan fingerprint density at radius 2 is 1.84 bits per heavy atom. The van der Waals surface area contributed by atoms with Gasteiger partial charge in [0.1, 0.15) is 6.04 Å². The Morgan fingerprint density at radius 1 is 1.26 bits per heavy atom. The molecule has 0 aromatic rings. The lowest BCUT2D eigenvalue weighted by Crippen LogP contribution is -2.48. The van der Waals surface area contributed by atoms with Crippen molar-refractivity contribution in [1.29, 1.82) is 0 Å². The van der Waals surface area contributed by atoms with Crippen molar-refractivity contribution in [3.05, 3.63) is 0 Å². The molecule has 0 aliphatic carbocycles. The number of likely N-dealkylation sites (tertiary alicyclic amines) is 1. The smallest absolute Gasteiger partial charge is 0.329 e. The van der Waals surface area contributed by atoms with E-state index in [0.29, 0.717) is 0 Å². The van der Waals surface area contributed by atoms with Crippen LogP contribution in [0.15, 0.2) is 0 Å². The summed E-state index contributed by atoms with van der Waals surface area (Å²) in [7, 11) is 4.04. The lowest BCUT2D eigenvalue weighted by molar-refractivity contribution is -0.171. The molecular weight excluding hydrogens is 254 g/mol. The van der Waals surface area contributed by atoms with E-state index >= 15 is 0 Å². The van der Waals surface area contributed by atoms with Crippen LogP contribution in [-0.2, 0) is 28.6 Å². The minimum absolute atomic E-state index is 0.156. The number of carbonyl (C=O) groups is 3. The van der Waals surface area contributed by atoms with E-state index in [9.17, 15) is 14.4 Å². The van der Waals surface area contributed by atoms with E-state index in [1.807, 2.05) is 0 Å². The number of ether oxygens (including phenoxy) is 3. The summed E-state index contributed by atoms with van der Waals surface area (Å²) >= 11 is 0. The van der Waals surface area contributed by atoms with Gasteiger partial charge in [0.2, 0.25) is 11.8 Å². The third-order valence-electron chi connectivity index (χ3n) is 3.19. The molecule has 7 nitrogen and oxygen atoms in total.